The fraction of sp³-hybridized carbons (Fsp3) is 0.556. The molecule has 0 saturated carbocycles. The molecule has 0 aromatic rings. The predicted molar refractivity (Wildman–Crippen MR) is 76.2 cm³/mol. The fourth-order valence-electron chi connectivity index (χ4n) is 1.43. The molecule has 0 saturated heterocycles. The van der Waals surface area contributed by atoms with Gasteiger partial charge in [-0.2, -0.15) is 0 Å². The first kappa shape index (κ1) is 15.3. The second-order valence-corrected chi connectivity index (χ2v) is 8.21. The number of carbonyl (C=O) groups excluding carboxylic acids is 1. The number of hydrogen-bond acceptors (Lipinski definition) is 5. The molecular formula is C9H15N3O3S3. The van der Waals surface area contributed by atoms with Crippen molar-refractivity contribution in [3.8, 4) is 0 Å². The van der Waals surface area contributed by atoms with Crippen molar-refractivity contribution >= 4 is 45.0 Å². The Labute approximate surface area is 116 Å². The first-order valence-corrected chi connectivity index (χ1v) is 7.82. The number of sulfonamides is 1. The minimum absolute atomic E-state index is 0.0393. The summed E-state index contributed by atoms with van der Waals surface area (Å²) in [5.41, 5.74) is 5.07. The maximum Gasteiger partial charge on any atom is 0.252 e. The third kappa shape index (κ3) is 2.78. The summed E-state index contributed by atoms with van der Waals surface area (Å²) in [7, 11) is -2.28. The largest absolute Gasteiger partial charge is 0.368 e. The molecule has 1 aliphatic rings. The summed E-state index contributed by atoms with van der Waals surface area (Å²) in [5, 5.41) is 4.24. The molecule has 0 radical (unpaired) electrons. The molecule has 0 aliphatic carbocycles. The van der Waals surface area contributed by atoms with E-state index < -0.39 is 26.6 Å². The minimum Gasteiger partial charge on any atom is -0.368 e. The lowest BCUT2D eigenvalue weighted by molar-refractivity contribution is -0.117. The van der Waals surface area contributed by atoms with Crippen LogP contribution in [-0.4, -0.2) is 41.4 Å². The zero-order valence-electron chi connectivity index (χ0n) is 10.0. The van der Waals surface area contributed by atoms with Crippen LogP contribution in [0.15, 0.2) is 11.5 Å². The van der Waals surface area contributed by atoms with Crippen molar-refractivity contribution in [2.45, 2.75) is 17.4 Å². The van der Waals surface area contributed by atoms with Crippen LogP contribution < -0.4 is 11.1 Å². The van der Waals surface area contributed by atoms with Crippen LogP contribution in [0, 0.1) is 0 Å². The second-order valence-electron chi connectivity index (χ2n) is 3.86. The average molecular weight is 309 g/mol. The van der Waals surface area contributed by atoms with Gasteiger partial charge < -0.3 is 11.1 Å². The van der Waals surface area contributed by atoms with Crippen LogP contribution in [0.4, 0.5) is 0 Å². The van der Waals surface area contributed by atoms with Gasteiger partial charge in [0.2, 0.25) is 5.91 Å². The smallest absolute Gasteiger partial charge is 0.252 e. The molecule has 0 bridgehead atoms. The van der Waals surface area contributed by atoms with E-state index in [1.807, 2.05) is 0 Å². The van der Waals surface area contributed by atoms with Crippen LogP contribution >= 0.6 is 24.0 Å². The fourth-order valence-corrected chi connectivity index (χ4v) is 4.77. The summed E-state index contributed by atoms with van der Waals surface area (Å²) in [5.74, 6) is -0.754. The maximum atomic E-state index is 12.5. The van der Waals surface area contributed by atoms with Crippen LogP contribution in [0.2, 0.25) is 0 Å². The number of nitrogens with two attached hydrogens (primary N) is 1. The number of nitrogens with one attached hydrogen (secondary N) is 1. The van der Waals surface area contributed by atoms with Crippen molar-refractivity contribution in [2.24, 2.45) is 5.73 Å². The molecule has 1 rings (SSSR count). The van der Waals surface area contributed by atoms with Gasteiger partial charge >= 0.3 is 0 Å². The summed E-state index contributed by atoms with van der Waals surface area (Å²) in [6.45, 7) is 1.14. The lowest BCUT2D eigenvalue weighted by Crippen LogP contribution is -2.52. The molecule has 0 aromatic carbocycles. The highest BCUT2D eigenvalue weighted by Gasteiger charge is 2.45. The summed E-state index contributed by atoms with van der Waals surface area (Å²) >= 11 is 6.11. The van der Waals surface area contributed by atoms with Crippen molar-refractivity contribution < 1.29 is 13.2 Å². The van der Waals surface area contributed by atoms with Gasteiger partial charge in [0.1, 0.15) is 10.6 Å². The van der Waals surface area contributed by atoms with E-state index >= 15 is 0 Å². The Morgan fingerprint density at radius 3 is 2.67 bits per heavy atom. The van der Waals surface area contributed by atoms with Crippen molar-refractivity contribution in [3.05, 3.63) is 11.5 Å². The van der Waals surface area contributed by atoms with E-state index in [0.717, 1.165) is 4.31 Å². The van der Waals surface area contributed by atoms with Gasteiger partial charge in [-0.15, -0.1) is 11.8 Å². The highest BCUT2D eigenvalue weighted by Crippen LogP contribution is 2.42. The Morgan fingerprint density at radius 1 is 1.67 bits per heavy atom. The lowest BCUT2D eigenvalue weighted by Gasteiger charge is -2.32. The monoisotopic (exact) mass is 309 g/mol. The minimum atomic E-state index is -3.78. The number of amides is 1. The Hall–Kier alpha value is -0.800. The lowest BCUT2D eigenvalue weighted by atomic mass is 10.3. The van der Waals surface area contributed by atoms with Gasteiger partial charge in [-0.25, -0.2) is 12.7 Å². The molecule has 0 fully saturated rings. The highest BCUT2D eigenvalue weighted by molar-refractivity contribution is 8.16. The third-order valence-corrected chi connectivity index (χ3v) is 7.08. The van der Waals surface area contributed by atoms with Crippen molar-refractivity contribution in [1.29, 1.82) is 0 Å². The quantitative estimate of drug-likeness (QED) is 0.709. The molecule has 0 aromatic heterocycles. The molecule has 6 nitrogen and oxygen atoms in total. The molecule has 1 heterocycles. The summed E-state index contributed by atoms with van der Waals surface area (Å²) in [6, 6.07) is 0. The van der Waals surface area contributed by atoms with Crippen LogP contribution in [0.1, 0.15) is 13.3 Å². The molecule has 0 spiro atoms. The van der Waals surface area contributed by atoms with E-state index in [1.165, 1.54) is 18.8 Å². The van der Waals surface area contributed by atoms with Crippen LogP contribution in [0.25, 0.3) is 0 Å². The molecule has 1 unspecified atom stereocenters. The first-order chi connectivity index (χ1) is 8.24. The zero-order valence-corrected chi connectivity index (χ0v) is 12.5. The number of allylic oxidation sites excluding steroid dienone is 1. The topological polar surface area (TPSA) is 92.5 Å². The van der Waals surface area contributed by atoms with E-state index in [9.17, 15) is 13.2 Å². The normalized spacial score (nSPS) is 22.8. The van der Waals surface area contributed by atoms with E-state index in [1.54, 1.807) is 18.4 Å². The Bertz CT molecular complexity index is 479. The van der Waals surface area contributed by atoms with Gasteiger partial charge in [0.25, 0.3) is 10.0 Å². The Morgan fingerprint density at radius 2 is 2.28 bits per heavy atom. The standard InChI is InChI=1S/C9H15N3O3S3/c1-9(4-3-5-17-9)18(14,15)12(6-7(10)13)8(16)11-2/h3,5H,4,6H2,1-2H3,(H2,10,13)(H,11,16). The van der Waals surface area contributed by atoms with E-state index in [4.69, 9.17) is 18.0 Å². The maximum absolute atomic E-state index is 12.5. The second kappa shape index (κ2) is 5.45. The molecule has 9 heteroatoms. The number of thiocarbonyl (C=S) groups is 1. The number of thioether (sulfide) groups is 1. The van der Waals surface area contributed by atoms with E-state index in [2.05, 4.69) is 5.32 Å². The van der Waals surface area contributed by atoms with Crippen molar-refractivity contribution in [1.82, 2.24) is 9.62 Å². The SMILES string of the molecule is CNC(=S)N(CC(N)=O)S(=O)(=O)C1(C)CC=CS1. The van der Waals surface area contributed by atoms with Crippen LogP contribution in [0.5, 0.6) is 0 Å². The average Bonchev–Trinajstić information content (AvgIpc) is 2.73. The van der Waals surface area contributed by atoms with Crippen molar-refractivity contribution in [3.63, 3.8) is 0 Å². The molecule has 18 heavy (non-hydrogen) atoms. The van der Waals surface area contributed by atoms with Gasteiger partial charge in [0.05, 0.1) is 0 Å². The highest BCUT2D eigenvalue weighted by atomic mass is 32.3. The molecule has 102 valence electrons. The van der Waals surface area contributed by atoms with Gasteiger partial charge in [0, 0.05) is 7.05 Å². The van der Waals surface area contributed by atoms with Crippen LogP contribution in [0.3, 0.4) is 0 Å². The number of carbonyl (C=O) groups is 1. The third-order valence-electron chi connectivity index (χ3n) is 2.48. The Kier molecular flexibility index (Phi) is 4.62. The van der Waals surface area contributed by atoms with Gasteiger partial charge in [-0.1, -0.05) is 6.08 Å². The summed E-state index contributed by atoms with van der Waals surface area (Å²) in [4.78, 5) is 11.0. The predicted octanol–water partition coefficient (Wildman–Crippen LogP) is -0.0254. The first-order valence-electron chi connectivity index (χ1n) is 5.10. The Balaban J connectivity index is 3.11. The zero-order chi connectivity index (χ0) is 14.0. The molecule has 1 atom stereocenters. The summed E-state index contributed by atoms with van der Waals surface area (Å²) < 4.78 is 24.8. The summed E-state index contributed by atoms with van der Waals surface area (Å²) in [6.07, 6.45) is 2.13. The number of nitrogens with zero attached hydrogens (tertiary/aromatic N) is 1. The molecule has 3 N–H and O–H groups in total. The number of hydrogen-bond donors (Lipinski definition) is 2. The molecular weight excluding hydrogens is 294 g/mol. The van der Waals surface area contributed by atoms with E-state index in [0.29, 0.717) is 6.42 Å². The molecule has 1 amide bonds. The number of primary amides is 1. The number of rotatable bonds is 4. The van der Waals surface area contributed by atoms with Crippen LogP contribution in [-0.2, 0) is 14.8 Å². The van der Waals surface area contributed by atoms with Gasteiger partial charge in [-0.05, 0) is 31.0 Å². The molecule has 1 aliphatic heterocycles. The van der Waals surface area contributed by atoms with Crippen molar-refractivity contribution in [2.75, 3.05) is 13.6 Å². The van der Waals surface area contributed by atoms with Gasteiger partial charge in [-0.3, -0.25) is 4.79 Å². The van der Waals surface area contributed by atoms with Gasteiger partial charge in [0.15, 0.2) is 5.11 Å². The van der Waals surface area contributed by atoms with E-state index in [-0.39, 0.29) is 5.11 Å².